The second-order valence-corrected chi connectivity index (χ2v) is 7.24. The zero-order chi connectivity index (χ0) is 20.6. The highest BCUT2D eigenvalue weighted by atomic mass is 35.5. The molecule has 4 rings (SSSR count). The molecule has 0 atom stereocenters. The Hall–Kier alpha value is -2.65. The Morgan fingerprint density at radius 2 is 1.86 bits per heavy atom. The molecule has 2 heterocycles. The number of tetrazole rings is 1. The lowest BCUT2D eigenvalue weighted by molar-refractivity contribution is -0.137. The largest absolute Gasteiger partial charge is 0.416 e. The van der Waals surface area contributed by atoms with E-state index in [-0.39, 0.29) is 6.54 Å². The van der Waals surface area contributed by atoms with Crippen LogP contribution in [0, 0.1) is 0 Å². The summed E-state index contributed by atoms with van der Waals surface area (Å²) in [5, 5.41) is 19.7. The average molecular weight is 441 g/mol. The van der Waals surface area contributed by atoms with Crippen molar-refractivity contribution >= 4 is 34.1 Å². The lowest BCUT2D eigenvalue weighted by Crippen LogP contribution is -2.06. The normalized spacial score (nSPS) is 12.0. The van der Waals surface area contributed by atoms with Gasteiger partial charge in [0.15, 0.2) is 5.82 Å². The van der Waals surface area contributed by atoms with E-state index in [1.807, 2.05) is 0 Å². The lowest BCUT2D eigenvalue weighted by atomic mass is 10.1. The molecule has 2 aromatic carbocycles. The molecule has 0 amide bonds. The summed E-state index contributed by atoms with van der Waals surface area (Å²) in [5.74, 6) is 0.500. The number of alkyl halides is 3. The topological polar surface area (TPSA) is 72.3 Å². The summed E-state index contributed by atoms with van der Waals surface area (Å²) in [6.07, 6.45) is -3.56. The molecule has 0 unspecified atom stereocenters. The molecule has 0 bridgehead atoms. The molecular formula is C18H13Cl2F3N6. The molecule has 0 aliphatic heterocycles. The number of nitrogens with zero attached hydrogens (tertiary/aromatic N) is 5. The Labute approximate surface area is 172 Å². The summed E-state index contributed by atoms with van der Waals surface area (Å²) in [4.78, 5) is 0. The first-order valence-corrected chi connectivity index (χ1v) is 9.30. The van der Waals surface area contributed by atoms with Gasteiger partial charge in [-0.2, -0.15) is 23.5 Å². The van der Waals surface area contributed by atoms with Crippen molar-refractivity contribution in [3.63, 3.8) is 0 Å². The maximum absolute atomic E-state index is 13.2. The molecule has 0 aliphatic rings. The zero-order valence-corrected chi connectivity index (χ0v) is 16.2. The van der Waals surface area contributed by atoms with Crippen LogP contribution in [0.4, 0.5) is 13.2 Å². The number of benzene rings is 2. The highest BCUT2D eigenvalue weighted by Gasteiger charge is 2.31. The fourth-order valence-corrected chi connectivity index (χ4v) is 3.52. The molecule has 0 radical (unpaired) electrons. The van der Waals surface area contributed by atoms with Crippen LogP contribution in [0.25, 0.3) is 10.9 Å². The number of H-pyrrole nitrogens is 1. The Kier molecular flexibility index (Phi) is 5.18. The molecule has 29 heavy (non-hydrogen) atoms. The van der Waals surface area contributed by atoms with E-state index in [9.17, 15) is 13.2 Å². The van der Waals surface area contributed by atoms with Crippen molar-refractivity contribution in [1.82, 2.24) is 30.4 Å². The van der Waals surface area contributed by atoms with Gasteiger partial charge in [-0.15, -0.1) is 10.2 Å². The minimum absolute atomic E-state index is 0.204. The van der Waals surface area contributed by atoms with E-state index in [2.05, 4.69) is 25.7 Å². The number of hydrogen-bond acceptors (Lipinski definition) is 4. The molecule has 0 aliphatic carbocycles. The number of aryl methyl sites for hydroxylation is 2. The summed E-state index contributed by atoms with van der Waals surface area (Å²) >= 11 is 12.2. The quantitative estimate of drug-likeness (QED) is 0.487. The van der Waals surface area contributed by atoms with Gasteiger partial charge in [0.2, 0.25) is 0 Å². The van der Waals surface area contributed by atoms with Gasteiger partial charge in [0.25, 0.3) is 0 Å². The minimum atomic E-state index is -4.45. The van der Waals surface area contributed by atoms with Crippen molar-refractivity contribution in [3.05, 3.63) is 69.1 Å². The molecule has 2 aromatic heterocycles. The van der Waals surface area contributed by atoms with Crippen LogP contribution in [0.15, 0.2) is 36.4 Å². The van der Waals surface area contributed by atoms with E-state index in [1.165, 1.54) is 10.7 Å². The molecular weight excluding hydrogens is 428 g/mol. The van der Waals surface area contributed by atoms with Gasteiger partial charge in [-0.3, -0.25) is 4.68 Å². The predicted octanol–water partition coefficient (Wildman–Crippen LogP) is 4.71. The van der Waals surface area contributed by atoms with Crippen molar-refractivity contribution < 1.29 is 13.2 Å². The highest BCUT2D eigenvalue weighted by Crippen LogP contribution is 2.33. The SMILES string of the molecule is FC(F)(F)c1ccc2c(CCc3nn[nH]n3)nn(Cc3ccc(Cl)cc3Cl)c2c1. The Morgan fingerprint density at radius 1 is 1.03 bits per heavy atom. The third-order valence-corrected chi connectivity index (χ3v) is 5.05. The first kappa shape index (κ1) is 19.7. The Bertz CT molecular complexity index is 1150. The van der Waals surface area contributed by atoms with Gasteiger partial charge in [0.1, 0.15) is 0 Å². The van der Waals surface area contributed by atoms with Crippen LogP contribution < -0.4 is 0 Å². The van der Waals surface area contributed by atoms with Gasteiger partial charge >= 0.3 is 6.18 Å². The third kappa shape index (κ3) is 4.20. The first-order chi connectivity index (χ1) is 13.8. The monoisotopic (exact) mass is 440 g/mol. The van der Waals surface area contributed by atoms with E-state index in [0.29, 0.717) is 50.9 Å². The standard InChI is InChI=1S/C18H13Cl2F3N6/c19-12-3-1-10(14(20)8-12)9-29-16-7-11(18(21,22)23)2-4-13(16)15(26-29)5-6-17-24-27-28-25-17/h1-4,7-8H,5-6,9H2,(H,24,25,27,28). The van der Waals surface area contributed by atoms with Crippen molar-refractivity contribution in [2.45, 2.75) is 25.6 Å². The van der Waals surface area contributed by atoms with Crippen LogP contribution in [0.2, 0.25) is 10.0 Å². The van der Waals surface area contributed by atoms with Gasteiger partial charge in [-0.1, -0.05) is 40.5 Å². The Balaban J connectivity index is 1.75. The predicted molar refractivity (Wildman–Crippen MR) is 102 cm³/mol. The number of hydrogen-bond donors (Lipinski definition) is 1. The van der Waals surface area contributed by atoms with Gasteiger partial charge in [-0.25, -0.2) is 0 Å². The van der Waals surface area contributed by atoms with Crippen molar-refractivity contribution in [2.75, 3.05) is 0 Å². The molecule has 6 nitrogen and oxygen atoms in total. The van der Waals surface area contributed by atoms with Crippen LogP contribution in [-0.4, -0.2) is 30.4 Å². The van der Waals surface area contributed by atoms with E-state index >= 15 is 0 Å². The Morgan fingerprint density at radius 3 is 2.55 bits per heavy atom. The maximum Gasteiger partial charge on any atom is 0.416 e. The summed E-state index contributed by atoms with van der Waals surface area (Å²) < 4.78 is 41.2. The molecule has 0 fully saturated rings. The van der Waals surface area contributed by atoms with E-state index < -0.39 is 11.7 Å². The van der Waals surface area contributed by atoms with Gasteiger partial charge in [-0.05, 0) is 36.2 Å². The number of fused-ring (bicyclic) bond motifs is 1. The number of rotatable bonds is 5. The van der Waals surface area contributed by atoms with Gasteiger partial charge in [0, 0.05) is 21.9 Å². The summed E-state index contributed by atoms with van der Waals surface area (Å²) in [6.45, 7) is 0.204. The smallest absolute Gasteiger partial charge is 0.260 e. The number of halogens is 5. The average Bonchev–Trinajstić information content (AvgIpc) is 3.29. The molecule has 0 spiro atoms. The van der Waals surface area contributed by atoms with Crippen LogP contribution in [0.3, 0.4) is 0 Å². The van der Waals surface area contributed by atoms with Gasteiger partial charge in [0.05, 0.1) is 23.3 Å². The molecule has 11 heteroatoms. The van der Waals surface area contributed by atoms with Crippen molar-refractivity contribution in [1.29, 1.82) is 0 Å². The second-order valence-electron chi connectivity index (χ2n) is 6.40. The molecule has 4 aromatic rings. The third-order valence-electron chi connectivity index (χ3n) is 4.47. The lowest BCUT2D eigenvalue weighted by Gasteiger charge is -2.09. The first-order valence-electron chi connectivity index (χ1n) is 8.54. The van der Waals surface area contributed by atoms with Crippen LogP contribution in [-0.2, 0) is 25.6 Å². The van der Waals surface area contributed by atoms with E-state index in [0.717, 1.165) is 12.1 Å². The molecule has 0 saturated carbocycles. The molecule has 0 saturated heterocycles. The number of nitrogens with one attached hydrogen (secondary N) is 1. The van der Waals surface area contributed by atoms with E-state index in [1.54, 1.807) is 18.2 Å². The van der Waals surface area contributed by atoms with Gasteiger partial charge < -0.3 is 0 Å². The number of aromatic amines is 1. The summed E-state index contributed by atoms with van der Waals surface area (Å²) in [6, 6.07) is 8.59. The van der Waals surface area contributed by atoms with Crippen LogP contribution in [0.5, 0.6) is 0 Å². The molecule has 150 valence electrons. The van der Waals surface area contributed by atoms with Crippen LogP contribution in [0.1, 0.15) is 22.6 Å². The maximum atomic E-state index is 13.2. The van der Waals surface area contributed by atoms with Crippen LogP contribution >= 0.6 is 23.2 Å². The minimum Gasteiger partial charge on any atom is -0.260 e. The van der Waals surface area contributed by atoms with Crippen molar-refractivity contribution in [2.24, 2.45) is 0 Å². The summed E-state index contributed by atoms with van der Waals surface area (Å²) in [7, 11) is 0. The van der Waals surface area contributed by atoms with Crippen molar-refractivity contribution in [3.8, 4) is 0 Å². The second kappa shape index (κ2) is 7.64. The summed E-state index contributed by atoms with van der Waals surface area (Å²) in [5.41, 5.74) is 0.971. The number of aromatic nitrogens is 6. The van der Waals surface area contributed by atoms with E-state index in [4.69, 9.17) is 23.2 Å². The zero-order valence-electron chi connectivity index (χ0n) is 14.7. The fourth-order valence-electron chi connectivity index (χ4n) is 3.05. The fraction of sp³-hybridized carbons (Fsp3) is 0.222. The molecule has 1 N–H and O–H groups in total. The highest BCUT2D eigenvalue weighted by molar-refractivity contribution is 6.35.